The summed E-state index contributed by atoms with van der Waals surface area (Å²) in [7, 11) is 1.72. The van der Waals surface area contributed by atoms with Crippen LogP contribution in [0.4, 0.5) is 4.79 Å². The quantitative estimate of drug-likeness (QED) is 0.730. The molecular formula is C24H34N2O3. The molecule has 1 aromatic carbocycles. The molecule has 1 aromatic rings. The van der Waals surface area contributed by atoms with E-state index in [0.717, 1.165) is 37.9 Å². The van der Waals surface area contributed by atoms with Gasteiger partial charge in [-0.05, 0) is 82.2 Å². The topological polar surface area (TPSA) is 59.9 Å². The molecule has 0 saturated heterocycles. The summed E-state index contributed by atoms with van der Waals surface area (Å²) in [6.45, 7) is 7.93. The van der Waals surface area contributed by atoms with Gasteiger partial charge in [0.05, 0.1) is 13.2 Å². The highest BCUT2D eigenvalue weighted by molar-refractivity contribution is 6.09. The molecule has 3 fully saturated rings. The van der Waals surface area contributed by atoms with Gasteiger partial charge in [0, 0.05) is 16.7 Å². The van der Waals surface area contributed by atoms with E-state index in [9.17, 15) is 4.79 Å². The fourth-order valence-electron chi connectivity index (χ4n) is 5.37. The number of ether oxygens (including phenoxy) is 2. The van der Waals surface area contributed by atoms with Crippen LogP contribution in [0.15, 0.2) is 23.2 Å². The van der Waals surface area contributed by atoms with Gasteiger partial charge in [0.1, 0.15) is 11.4 Å². The van der Waals surface area contributed by atoms with Crippen LogP contribution in [0, 0.1) is 5.41 Å². The molecule has 0 unspecified atom stereocenters. The summed E-state index contributed by atoms with van der Waals surface area (Å²) >= 11 is 0. The first-order valence-electron chi connectivity index (χ1n) is 10.9. The van der Waals surface area contributed by atoms with E-state index in [0.29, 0.717) is 6.04 Å². The molecule has 1 aliphatic heterocycles. The summed E-state index contributed by atoms with van der Waals surface area (Å²) in [5.41, 5.74) is 3.44. The van der Waals surface area contributed by atoms with E-state index in [1.807, 2.05) is 26.8 Å². The summed E-state index contributed by atoms with van der Waals surface area (Å²) in [6.07, 6.45) is 7.11. The van der Waals surface area contributed by atoms with Gasteiger partial charge in [-0.1, -0.05) is 19.8 Å². The first kappa shape index (κ1) is 20.2. The lowest BCUT2D eigenvalue weighted by molar-refractivity contribution is -0.0993. The third-order valence-electron chi connectivity index (χ3n) is 6.52. The molecule has 5 nitrogen and oxygen atoms in total. The number of alkyl carbamates (subject to hydrolysis) is 1. The maximum atomic E-state index is 12.2. The number of carbonyl (C=O) groups is 1. The highest BCUT2D eigenvalue weighted by Gasteiger charge is 2.71. The molecule has 3 saturated carbocycles. The number of nitrogens with one attached hydrogen (secondary N) is 1. The largest absolute Gasteiger partial charge is 0.497 e. The minimum absolute atomic E-state index is 0.103. The Kier molecular flexibility index (Phi) is 4.91. The smallest absolute Gasteiger partial charge is 0.408 e. The number of methoxy groups -OCH3 is 1. The fourth-order valence-corrected chi connectivity index (χ4v) is 5.37. The number of carbonyl (C=O) groups excluding carboxylic acids is 1. The number of amides is 1. The van der Waals surface area contributed by atoms with Crippen molar-refractivity contribution in [3.8, 4) is 5.75 Å². The maximum Gasteiger partial charge on any atom is 0.408 e. The molecule has 29 heavy (non-hydrogen) atoms. The fraction of sp³-hybridized carbons (Fsp3) is 0.667. The van der Waals surface area contributed by atoms with Gasteiger partial charge in [0.25, 0.3) is 0 Å². The van der Waals surface area contributed by atoms with Crippen LogP contribution in [0.3, 0.4) is 0 Å². The normalized spacial score (nSPS) is 29.7. The first-order valence-corrected chi connectivity index (χ1v) is 10.9. The average molecular weight is 399 g/mol. The molecule has 158 valence electrons. The summed E-state index contributed by atoms with van der Waals surface area (Å²) < 4.78 is 10.9. The second-order valence-electron chi connectivity index (χ2n) is 10.2. The van der Waals surface area contributed by atoms with Crippen LogP contribution in [0.5, 0.6) is 5.75 Å². The van der Waals surface area contributed by atoms with Gasteiger partial charge in [0.2, 0.25) is 0 Å². The van der Waals surface area contributed by atoms with Crippen LogP contribution in [-0.2, 0) is 11.2 Å². The lowest BCUT2D eigenvalue weighted by atomic mass is 9.37. The molecule has 1 heterocycles. The Morgan fingerprint density at radius 3 is 2.62 bits per heavy atom. The van der Waals surface area contributed by atoms with Crippen LogP contribution in [0.1, 0.15) is 77.3 Å². The third-order valence-corrected chi connectivity index (χ3v) is 6.52. The van der Waals surface area contributed by atoms with Crippen molar-refractivity contribution < 1.29 is 14.3 Å². The highest BCUT2D eigenvalue weighted by Crippen LogP contribution is 2.69. The van der Waals surface area contributed by atoms with Crippen LogP contribution >= 0.6 is 0 Å². The van der Waals surface area contributed by atoms with E-state index in [1.54, 1.807) is 7.11 Å². The second-order valence-corrected chi connectivity index (χ2v) is 10.2. The van der Waals surface area contributed by atoms with Crippen LogP contribution in [0.25, 0.3) is 0 Å². The molecule has 0 aromatic heterocycles. The molecule has 5 rings (SSSR count). The van der Waals surface area contributed by atoms with E-state index in [4.69, 9.17) is 14.5 Å². The Morgan fingerprint density at radius 1 is 1.28 bits per heavy atom. The highest BCUT2D eigenvalue weighted by atomic mass is 16.6. The Labute approximate surface area is 174 Å². The number of unbranched alkanes of at least 4 members (excludes halogenated alkanes) is 1. The van der Waals surface area contributed by atoms with Crippen molar-refractivity contribution >= 4 is 11.8 Å². The molecule has 4 aliphatic rings. The molecule has 3 aliphatic carbocycles. The van der Waals surface area contributed by atoms with Crippen LogP contribution < -0.4 is 10.1 Å². The number of aliphatic imine (C=N–C) groups is 1. The number of benzene rings is 1. The number of fused-ring (bicyclic) bond motifs is 1. The van der Waals surface area contributed by atoms with Crippen LogP contribution in [-0.4, -0.2) is 36.1 Å². The van der Waals surface area contributed by atoms with E-state index in [-0.39, 0.29) is 17.0 Å². The van der Waals surface area contributed by atoms with Crippen molar-refractivity contribution in [2.75, 3.05) is 7.11 Å². The molecular weight excluding hydrogens is 364 g/mol. The van der Waals surface area contributed by atoms with Gasteiger partial charge < -0.3 is 14.8 Å². The molecule has 1 amide bonds. The zero-order valence-corrected chi connectivity index (χ0v) is 18.4. The van der Waals surface area contributed by atoms with Gasteiger partial charge in [-0.3, -0.25) is 4.99 Å². The minimum Gasteiger partial charge on any atom is -0.497 e. The zero-order chi connectivity index (χ0) is 20.9. The third kappa shape index (κ3) is 3.76. The Morgan fingerprint density at radius 2 is 2.00 bits per heavy atom. The van der Waals surface area contributed by atoms with Gasteiger partial charge in [0.15, 0.2) is 0 Å². The Balaban J connectivity index is 1.51. The molecule has 2 bridgehead atoms. The summed E-state index contributed by atoms with van der Waals surface area (Å²) in [4.78, 5) is 17.5. The Bertz CT molecular complexity index is 817. The van der Waals surface area contributed by atoms with Crippen molar-refractivity contribution in [2.24, 2.45) is 10.4 Å². The summed E-state index contributed by atoms with van der Waals surface area (Å²) in [6, 6.07) is 6.76. The van der Waals surface area contributed by atoms with Crippen molar-refractivity contribution in [1.29, 1.82) is 0 Å². The monoisotopic (exact) mass is 398 g/mol. The lowest BCUT2D eigenvalue weighted by Gasteiger charge is -2.70. The Hall–Kier alpha value is -2.04. The SMILES string of the molecule is CCCC[C@H]1Cc2cc(OC)ccc2C(C23CC(NC(=O)OC(C)(C)C)(C2)C3)=N1. The maximum absolute atomic E-state index is 12.2. The van der Waals surface area contributed by atoms with Gasteiger partial charge in [-0.25, -0.2) is 4.79 Å². The molecule has 1 N–H and O–H groups in total. The summed E-state index contributed by atoms with van der Waals surface area (Å²) in [5.74, 6) is 0.917. The standard InChI is InChI=1S/C24H34N2O3/c1-6-7-8-17-11-16-12-18(28-5)9-10-19(16)20(25-17)23-13-24(14-23,15-23)26-21(27)29-22(2,3)4/h9-10,12,17H,6-8,11,13-15H2,1-5H3,(H,26,27)/t17-,23?,24?/m0/s1. The number of nitrogens with zero attached hydrogens (tertiary/aromatic N) is 1. The zero-order valence-electron chi connectivity index (χ0n) is 18.4. The van der Waals surface area contributed by atoms with E-state index in [1.165, 1.54) is 29.7 Å². The molecule has 5 heteroatoms. The predicted octanol–water partition coefficient (Wildman–Crippen LogP) is 5.05. The van der Waals surface area contributed by atoms with Crippen molar-refractivity contribution in [1.82, 2.24) is 5.32 Å². The molecule has 0 radical (unpaired) electrons. The minimum atomic E-state index is -0.469. The number of rotatable bonds is 6. The second kappa shape index (κ2) is 7.03. The van der Waals surface area contributed by atoms with Crippen molar-refractivity contribution in [2.45, 2.75) is 89.8 Å². The van der Waals surface area contributed by atoms with E-state index < -0.39 is 5.60 Å². The van der Waals surface area contributed by atoms with Crippen molar-refractivity contribution in [3.05, 3.63) is 29.3 Å². The number of hydrogen-bond donors (Lipinski definition) is 1. The van der Waals surface area contributed by atoms with Crippen molar-refractivity contribution in [3.63, 3.8) is 0 Å². The number of hydrogen-bond acceptors (Lipinski definition) is 4. The first-order chi connectivity index (χ1) is 13.7. The van der Waals surface area contributed by atoms with Gasteiger partial charge in [-0.2, -0.15) is 0 Å². The van der Waals surface area contributed by atoms with Crippen LogP contribution in [0.2, 0.25) is 0 Å². The van der Waals surface area contributed by atoms with E-state index >= 15 is 0 Å². The average Bonchev–Trinajstić information content (AvgIpc) is 2.59. The summed E-state index contributed by atoms with van der Waals surface area (Å²) in [5, 5.41) is 3.13. The van der Waals surface area contributed by atoms with Gasteiger partial charge in [-0.15, -0.1) is 0 Å². The lowest BCUT2D eigenvalue weighted by Crippen LogP contribution is -2.77. The molecule has 1 atom stereocenters. The molecule has 0 spiro atoms. The van der Waals surface area contributed by atoms with Gasteiger partial charge >= 0.3 is 6.09 Å². The van der Waals surface area contributed by atoms with E-state index in [2.05, 4.69) is 24.4 Å². The predicted molar refractivity (Wildman–Crippen MR) is 115 cm³/mol.